The molecule has 0 saturated heterocycles. The van der Waals surface area contributed by atoms with Crippen LogP contribution in [0.3, 0.4) is 0 Å². The molecule has 0 unspecified atom stereocenters. The number of rotatable bonds is 2. The molecule has 0 bridgehead atoms. The van der Waals surface area contributed by atoms with Gasteiger partial charge in [-0.2, -0.15) is 0 Å². The normalized spacial score (nSPS) is 10.9. The Morgan fingerprint density at radius 3 is 2.70 bits per heavy atom. The van der Waals surface area contributed by atoms with Gasteiger partial charge >= 0.3 is 5.76 Å². The number of nitrogens with one attached hydrogen (secondary N) is 2. The third-order valence-electron chi connectivity index (χ3n) is 2.79. The van der Waals surface area contributed by atoms with Crippen LogP contribution in [0.2, 0.25) is 10.0 Å². The molecule has 0 aliphatic carbocycles. The van der Waals surface area contributed by atoms with Crippen molar-refractivity contribution in [2.75, 3.05) is 11.1 Å². The Bertz CT molecular complexity index is 854. The summed E-state index contributed by atoms with van der Waals surface area (Å²) in [6, 6.07) is 8.41. The molecule has 5 nitrogen and oxygen atoms in total. The van der Waals surface area contributed by atoms with Crippen LogP contribution in [0, 0.1) is 0 Å². The number of nitrogens with two attached hydrogens (primary N) is 1. The predicted octanol–water partition coefficient (Wildman–Crippen LogP) is 3.75. The highest BCUT2D eigenvalue weighted by Crippen LogP contribution is 2.30. The number of aromatic amines is 1. The van der Waals surface area contributed by atoms with Crippen molar-refractivity contribution in [3.63, 3.8) is 0 Å². The molecule has 3 rings (SSSR count). The monoisotopic (exact) mass is 309 g/mol. The van der Waals surface area contributed by atoms with Gasteiger partial charge in [-0.1, -0.05) is 23.2 Å². The first-order valence-corrected chi connectivity index (χ1v) is 6.43. The highest BCUT2D eigenvalue weighted by molar-refractivity contribution is 6.42. The van der Waals surface area contributed by atoms with E-state index in [1.165, 1.54) is 0 Å². The molecule has 0 fully saturated rings. The summed E-state index contributed by atoms with van der Waals surface area (Å²) in [7, 11) is 0. The Morgan fingerprint density at radius 2 is 1.95 bits per heavy atom. The van der Waals surface area contributed by atoms with Gasteiger partial charge in [0.25, 0.3) is 0 Å². The molecular formula is C13H9Cl2N3O2. The molecule has 3 aromatic rings. The van der Waals surface area contributed by atoms with Crippen LogP contribution in [0.5, 0.6) is 0 Å². The van der Waals surface area contributed by atoms with Crippen LogP contribution in [-0.2, 0) is 0 Å². The molecule has 2 aromatic carbocycles. The first kappa shape index (κ1) is 12.9. The first-order chi connectivity index (χ1) is 9.52. The molecule has 0 radical (unpaired) electrons. The molecule has 1 aromatic heterocycles. The van der Waals surface area contributed by atoms with Gasteiger partial charge in [0.1, 0.15) is 0 Å². The SMILES string of the molecule is Nc1cc2oc(=O)[nH]c2cc1Nc1ccc(Cl)c(Cl)c1. The number of hydrogen-bond acceptors (Lipinski definition) is 4. The lowest BCUT2D eigenvalue weighted by atomic mass is 10.2. The minimum atomic E-state index is -0.522. The van der Waals surface area contributed by atoms with E-state index in [0.717, 1.165) is 5.69 Å². The van der Waals surface area contributed by atoms with Gasteiger partial charge in [0.05, 0.1) is 26.9 Å². The highest BCUT2D eigenvalue weighted by atomic mass is 35.5. The number of hydrogen-bond donors (Lipinski definition) is 3. The van der Waals surface area contributed by atoms with Gasteiger partial charge in [0, 0.05) is 11.8 Å². The van der Waals surface area contributed by atoms with Gasteiger partial charge in [-0.05, 0) is 24.3 Å². The van der Waals surface area contributed by atoms with Crippen LogP contribution in [0.1, 0.15) is 0 Å². The van der Waals surface area contributed by atoms with Crippen LogP contribution in [0.25, 0.3) is 11.1 Å². The Labute approximate surface area is 123 Å². The smallest absolute Gasteiger partial charge is 0.408 e. The van der Waals surface area contributed by atoms with Crippen molar-refractivity contribution in [3.8, 4) is 0 Å². The van der Waals surface area contributed by atoms with Gasteiger partial charge in [0.15, 0.2) is 5.58 Å². The zero-order valence-corrected chi connectivity index (χ0v) is 11.5. The van der Waals surface area contributed by atoms with Crippen molar-refractivity contribution in [1.29, 1.82) is 0 Å². The summed E-state index contributed by atoms with van der Waals surface area (Å²) in [4.78, 5) is 13.7. The quantitative estimate of drug-likeness (QED) is 0.629. The van der Waals surface area contributed by atoms with Gasteiger partial charge < -0.3 is 15.5 Å². The number of halogens is 2. The molecule has 20 heavy (non-hydrogen) atoms. The number of aromatic nitrogens is 1. The lowest BCUT2D eigenvalue weighted by Crippen LogP contribution is -1.96. The van der Waals surface area contributed by atoms with E-state index in [-0.39, 0.29) is 0 Å². The summed E-state index contributed by atoms with van der Waals surface area (Å²) in [5.41, 5.74) is 8.70. The molecule has 0 aliphatic rings. The van der Waals surface area contributed by atoms with Crippen molar-refractivity contribution in [1.82, 2.24) is 4.98 Å². The van der Waals surface area contributed by atoms with E-state index in [1.807, 2.05) is 0 Å². The molecule has 4 N–H and O–H groups in total. The molecule has 7 heteroatoms. The average Bonchev–Trinajstić information content (AvgIpc) is 2.73. The zero-order chi connectivity index (χ0) is 14.3. The minimum absolute atomic E-state index is 0.409. The Morgan fingerprint density at radius 1 is 1.15 bits per heavy atom. The Kier molecular flexibility index (Phi) is 3.08. The summed E-state index contributed by atoms with van der Waals surface area (Å²) >= 11 is 11.8. The van der Waals surface area contributed by atoms with Gasteiger partial charge in [-0.15, -0.1) is 0 Å². The van der Waals surface area contributed by atoms with E-state index in [0.29, 0.717) is 32.5 Å². The lowest BCUT2D eigenvalue weighted by Gasteiger charge is -2.10. The predicted molar refractivity (Wildman–Crippen MR) is 81.0 cm³/mol. The topological polar surface area (TPSA) is 84.0 Å². The van der Waals surface area contributed by atoms with Crippen LogP contribution in [0.4, 0.5) is 17.1 Å². The van der Waals surface area contributed by atoms with Crippen molar-refractivity contribution < 1.29 is 4.42 Å². The Hall–Kier alpha value is -2.11. The second-order valence-electron chi connectivity index (χ2n) is 4.20. The lowest BCUT2D eigenvalue weighted by molar-refractivity contribution is 0.555. The number of anilines is 3. The maximum Gasteiger partial charge on any atom is 0.417 e. The van der Waals surface area contributed by atoms with E-state index in [4.69, 9.17) is 33.4 Å². The molecule has 0 atom stereocenters. The summed E-state index contributed by atoms with van der Waals surface area (Å²) in [6.45, 7) is 0. The van der Waals surface area contributed by atoms with E-state index < -0.39 is 5.76 Å². The van der Waals surface area contributed by atoms with Crippen molar-refractivity contribution in [2.24, 2.45) is 0 Å². The molecule has 0 spiro atoms. The summed E-state index contributed by atoms with van der Waals surface area (Å²) < 4.78 is 4.93. The first-order valence-electron chi connectivity index (χ1n) is 5.67. The second-order valence-corrected chi connectivity index (χ2v) is 5.02. The number of oxazole rings is 1. The maximum atomic E-state index is 11.1. The van der Waals surface area contributed by atoms with E-state index >= 15 is 0 Å². The fraction of sp³-hybridized carbons (Fsp3) is 0. The largest absolute Gasteiger partial charge is 0.417 e. The summed E-state index contributed by atoms with van der Waals surface area (Å²) in [5, 5.41) is 4.02. The number of fused-ring (bicyclic) bond motifs is 1. The van der Waals surface area contributed by atoms with Crippen molar-refractivity contribution in [3.05, 3.63) is 50.9 Å². The minimum Gasteiger partial charge on any atom is -0.408 e. The van der Waals surface area contributed by atoms with E-state index in [9.17, 15) is 4.79 Å². The third-order valence-corrected chi connectivity index (χ3v) is 3.53. The molecule has 0 saturated carbocycles. The van der Waals surface area contributed by atoms with Crippen molar-refractivity contribution >= 4 is 51.4 Å². The van der Waals surface area contributed by atoms with Crippen LogP contribution in [0.15, 0.2) is 39.5 Å². The molecule has 1 heterocycles. The molecule has 0 amide bonds. The van der Waals surface area contributed by atoms with Gasteiger partial charge in [-0.3, -0.25) is 4.98 Å². The molecule has 0 aliphatic heterocycles. The van der Waals surface area contributed by atoms with Gasteiger partial charge in [0.2, 0.25) is 0 Å². The fourth-order valence-electron chi connectivity index (χ4n) is 1.85. The van der Waals surface area contributed by atoms with Gasteiger partial charge in [-0.25, -0.2) is 4.79 Å². The maximum absolute atomic E-state index is 11.1. The van der Waals surface area contributed by atoms with Crippen LogP contribution >= 0.6 is 23.2 Å². The van der Waals surface area contributed by atoms with E-state index in [1.54, 1.807) is 30.3 Å². The van der Waals surface area contributed by atoms with Crippen molar-refractivity contribution in [2.45, 2.75) is 0 Å². The van der Waals surface area contributed by atoms with Crippen LogP contribution in [-0.4, -0.2) is 4.98 Å². The average molecular weight is 310 g/mol. The number of H-pyrrole nitrogens is 1. The number of nitrogen functional groups attached to an aromatic ring is 1. The van der Waals surface area contributed by atoms with Crippen LogP contribution < -0.4 is 16.8 Å². The second kappa shape index (κ2) is 4.77. The molecule has 102 valence electrons. The summed E-state index contributed by atoms with van der Waals surface area (Å²) in [6.07, 6.45) is 0. The fourth-order valence-corrected chi connectivity index (χ4v) is 2.15. The molecular weight excluding hydrogens is 301 g/mol. The van der Waals surface area contributed by atoms with E-state index in [2.05, 4.69) is 10.3 Å². The third kappa shape index (κ3) is 2.33. The standard InChI is InChI=1S/C13H9Cl2N3O2/c14-7-2-1-6(3-8(7)15)17-10-5-11-12(4-9(10)16)20-13(19)18-11/h1-5,17H,16H2,(H,18,19). The number of benzene rings is 2. The Balaban J connectivity index is 2.02. The zero-order valence-electron chi connectivity index (χ0n) is 10.0. The summed E-state index contributed by atoms with van der Waals surface area (Å²) in [5.74, 6) is -0.522. The highest BCUT2D eigenvalue weighted by Gasteiger charge is 2.08.